The molecule has 0 unspecified atom stereocenters. The summed E-state index contributed by atoms with van der Waals surface area (Å²) in [6, 6.07) is 5.95. The van der Waals surface area contributed by atoms with Crippen LogP contribution in [-0.4, -0.2) is 106 Å². The van der Waals surface area contributed by atoms with Crippen LogP contribution in [0.4, 0.5) is 29.2 Å². The van der Waals surface area contributed by atoms with Crippen LogP contribution >= 0.6 is 22.9 Å². The Morgan fingerprint density at radius 2 is 1.92 bits per heavy atom. The molecule has 0 aliphatic carbocycles. The van der Waals surface area contributed by atoms with Crippen molar-refractivity contribution in [3.63, 3.8) is 0 Å². The number of nitrogens with one attached hydrogen (secondary N) is 1. The molecule has 59 heavy (non-hydrogen) atoms. The Morgan fingerprint density at radius 1 is 1.14 bits per heavy atom. The van der Waals surface area contributed by atoms with Crippen LogP contribution in [-0.2, 0) is 9.47 Å². The van der Waals surface area contributed by atoms with E-state index in [-0.39, 0.29) is 99.9 Å². The largest absolute Gasteiger partial charge is 0.489 e. The number of nitrogens with zero attached hydrogens (tertiary/aromatic N) is 6. The maximum Gasteiger partial charge on any atom is 0.412 e. The number of carbonyl (C=O) groups excluding carboxylic acids is 2. The van der Waals surface area contributed by atoms with Gasteiger partial charge in [-0.1, -0.05) is 23.7 Å². The second kappa shape index (κ2) is 14.2. The van der Waals surface area contributed by atoms with Gasteiger partial charge in [0.25, 0.3) is 0 Å². The zero-order valence-electron chi connectivity index (χ0n) is 35.6. The highest BCUT2D eigenvalue weighted by atomic mass is 35.5. The lowest BCUT2D eigenvalue weighted by molar-refractivity contribution is 0.00542. The third-order valence-electron chi connectivity index (χ3n) is 11.6. The van der Waals surface area contributed by atoms with E-state index in [1.54, 1.807) is 43.9 Å². The summed E-state index contributed by atoms with van der Waals surface area (Å²) in [5.74, 6) is -0.459. The van der Waals surface area contributed by atoms with Gasteiger partial charge < -0.3 is 23.8 Å². The molecule has 5 aliphatic rings. The van der Waals surface area contributed by atoms with Gasteiger partial charge in [-0.25, -0.2) is 18.4 Å². The predicted octanol–water partition coefficient (Wildman–Crippen LogP) is 8.83. The monoisotopic (exact) mass is 851 g/mol. The molecule has 17 heteroatoms. The normalized spacial score (nSPS) is 26.4. The Bertz CT molecular complexity index is 2550. The first kappa shape index (κ1) is 37.3. The number of aromatic nitrogens is 2. The van der Waals surface area contributed by atoms with Gasteiger partial charge in [-0.2, -0.15) is 15.2 Å². The van der Waals surface area contributed by atoms with Gasteiger partial charge in [0.1, 0.15) is 53.0 Å². The molecule has 7 heterocycles. The number of halogens is 3. The summed E-state index contributed by atoms with van der Waals surface area (Å²) in [5, 5.41) is 13.8. The SMILES string of the molecule is [2H]C1([2H])CC[C@@]2(COc3nc4c5c(c(Cl)c(-c6cccc7sc(NC(=O)OC(C)(C)C)c(C#N)c67)c(F)c5n3)OC[C@@H]3[C@@H]5CC[C@H](CN43)N5C(=O)OC(C)(C)C)C[C@@H](F)CN12. The lowest BCUT2D eigenvalue weighted by atomic mass is 9.95. The van der Waals surface area contributed by atoms with Crippen LogP contribution in [0.2, 0.25) is 5.02 Å². The van der Waals surface area contributed by atoms with E-state index in [4.69, 9.17) is 38.3 Å². The Labute approximate surface area is 352 Å². The number of ether oxygens (including phenoxy) is 4. The van der Waals surface area contributed by atoms with Crippen molar-refractivity contribution in [1.29, 1.82) is 5.26 Å². The molecule has 312 valence electrons. The summed E-state index contributed by atoms with van der Waals surface area (Å²) in [6.07, 6.45) is -0.499. The summed E-state index contributed by atoms with van der Waals surface area (Å²) in [7, 11) is 0. The molecule has 0 spiro atoms. The van der Waals surface area contributed by atoms with E-state index < -0.39 is 53.5 Å². The lowest BCUT2D eigenvalue weighted by Gasteiger charge is -2.46. The van der Waals surface area contributed by atoms with Crippen LogP contribution in [0, 0.1) is 17.1 Å². The Balaban J connectivity index is 1.19. The van der Waals surface area contributed by atoms with Crippen LogP contribution in [0.3, 0.4) is 0 Å². The minimum absolute atomic E-state index is 0.0320. The molecule has 2 amide bonds. The number of anilines is 2. The number of hydrogen-bond acceptors (Lipinski definition) is 12. The van der Waals surface area contributed by atoms with Gasteiger partial charge in [0.15, 0.2) is 11.6 Å². The van der Waals surface area contributed by atoms with E-state index in [2.05, 4.69) is 16.4 Å². The number of alkyl halides is 1. The van der Waals surface area contributed by atoms with E-state index in [1.807, 2.05) is 25.7 Å². The number of nitriles is 1. The number of carbonyl (C=O) groups is 2. The molecule has 5 atom stereocenters. The number of rotatable bonds is 5. The Kier molecular flexibility index (Phi) is 8.97. The Hall–Kier alpha value is -4.72. The van der Waals surface area contributed by atoms with Crippen LogP contribution in [0.15, 0.2) is 18.2 Å². The van der Waals surface area contributed by atoms with E-state index in [9.17, 15) is 19.2 Å². The molecule has 4 fully saturated rings. The van der Waals surface area contributed by atoms with Crippen LogP contribution < -0.4 is 19.7 Å². The molecular weight excluding hydrogens is 804 g/mol. The van der Waals surface area contributed by atoms with Crippen LogP contribution in [0.1, 0.15) is 82.0 Å². The fourth-order valence-electron chi connectivity index (χ4n) is 9.36. The first-order valence-electron chi connectivity index (χ1n) is 20.8. The standard InChI is InChI=1S/C42H46ClF2N7O6S/c1-40(2,3)57-38(53)49-36-24(16-46)28-23(9-7-10-27(28)59-36)29-31(43)34-30-33(32(29)45)47-37(56-20-42-13-8-14-50(42)17-21(44)15-42)48-35(30)51-18-22-11-12-25(26(51)19-55-34)52(22)39(54)58-41(4,5)6/h7,9-10,21-22,25-26H,8,11-15,17-20H2,1-6H3,(H,49,53)/t21-,22-,25+,26-,42+/m1/s1/i14D2. The van der Waals surface area contributed by atoms with Crippen LogP contribution in [0.25, 0.3) is 32.1 Å². The summed E-state index contributed by atoms with van der Waals surface area (Å²) >= 11 is 8.41. The minimum atomic E-state index is -1.73. The second-order valence-corrected chi connectivity index (χ2v) is 19.3. The molecule has 2 aromatic heterocycles. The number of benzene rings is 2. The van der Waals surface area contributed by atoms with Gasteiger partial charge in [-0.15, -0.1) is 11.3 Å². The van der Waals surface area contributed by atoms with E-state index >= 15 is 4.39 Å². The number of fused-ring (bicyclic) bond motifs is 7. The number of piperazine rings is 1. The highest BCUT2D eigenvalue weighted by Crippen LogP contribution is 2.52. The maximum absolute atomic E-state index is 17.8. The maximum atomic E-state index is 17.8. The first-order valence-corrected chi connectivity index (χ1v) is 21.0. The van der Waals surface area contributed by atoms with Crippen molar-refractivity contribution in [3.8, 4) is 29.0 Å². The third-order valence-corrected chi connectivity index (χ3v) is 13.1. The smallest absolute Gasteiger partial charge is 0.412 e. The Morgan fingerprint density at radius 3 is 2.66 bits per heavy atom. The lowest BCUT2D eigenvalue weighted by Crippen LogP contribution is -2.63. The van der Waals surface area contributed by atoms with Gasteiger partial charge in [0.2, 0.25) is 0 Å². The van der Waals surface area contributed by atoms with Crippen molar-refractivity contribution in [2.45, 2.75) is 115 Å². The van der Waals surface area contributed by atoms with Gasteiger partial charge in [-0.3, -0.25) is 15.1 Å². The molecule has 2 bridgehead atoms. The summed E-state index contributed by atoms with van der Waals surface area (Å²) in [5.41, 5.74) is -2.45. The molecule has 0 saturated carbocycles. The summed E-state index contributed by atoms with van der Waals surface area (Å²) in [4.78, 5) is 41.4. The number of amides is 2. The van der Waals surface area contributed by atoms with Crippen molar-refractivity contribution < 1.29 is 40.1 Å². The quantitative estimate of drug-likeness (QED) is 0.206. The number of hydrogen-bond donors (Lipinski definition) is 1. The zero-order chi connectivity index (χ0) is 43.6. The first-order chi connectivity index (χ1) is 28.7. The van der Waals surface area contributed by atoms with Crippen molar-refractivity contribution >= 4 is 66.9 Å². The fourth-order valence-corrected chi connectivity index (χ4v) is 10.8. The fraction of sp³-hybridized carbons (Fsp3) is 0.548. The van der Waals surface area contributed by atoms with Crippen molar-refractivity contribution in [1.82, 2.24) is 19.8 Å². The molecule has 9 rings (SSSR count). The van der Waals surface area contributed by atoms with E-state index in [0.717, 1.165) is 11.3 Å². The average Bonchev–Trinajstić information content (AvgIpc) is 3.83. The van der Waals surface area contributed by atoms with Crippen LogP contribution in [0.5, 0.6) is 11.8 Å². The molecule has 0 radical (unpaired) electrons. The molecule has 4 aromatic rings. The average molecular weight is 852 g/mol. The third kappa shape index (κ3) is 6.82. The highest BCUT2D eigenvalue weighted by Gasteiger charge is 2.53. The molecular formula is C42H46ClF2N7O6S. The van der Waals surface area contributed by atoms with Gasteiger partial charge >= 0.3 is 18.2 Å². The van der Waals surface area contributed by atoms with Gasteiger partial charge in [-0.05, 0) is 85.4 Å². The number of thiophene rings is 1. The van der Waals surface area contributed by atoms with Crippen molar-refractivity contribution in [2.75, 3.05) is 43.0 Å². The molecule has 4 saturated heterocycles. The minimum Gasteiger partial charge on any atom is -0.489 e. The second-order valence-electron chi connectivity index (χ2n) is 17.9. The molecule has 2 aromatic carbocycles. The van der Waals surface area contributed by atoms with Gasteiger partial charge in [0, 0.05) is 37.9 Å². The molecule has 5 aliphatic heterocycles. The van der Waals surface area contributed by atoms with Crippen molar-refractivity contribution in [2.24, 2.45) is 0 Å². The zero-order valence-corrected chi connectivity index (χ0v) is 35.2. The summed E-state index contributed by atoms with van der Waals surface area (Å²) in [6.45, 7) is 9.00. The molecule has 13 nitrogen and oxygen atoms in total. The molecule has 1 N–H and O–H groups in total. The highest BCUT2D eigenvalue weighted by molar-refractivity contribution is 7.23. The predicted molar refractivity (Wildman–Crippen MR) is 220 cm³/mol. The topological polar surface area (TPSA) is 142 Å². The van der Waals surface area contributed by atoms with Gasteiger partial charge in [0.05, 0.1) is 39.6 Å². The van der Waals surface area contributed by atoms with E-state index in [0.29, 0.717) is 35.9 Å². The van der Waals surface area contributed by atoms with Crippen molar-refractivity contribution in [3.05, 3.63) is 34.6 Å². The van der Waals surface area contributed by atoms with E-state index in [1.165, 1.54) is 4.90 Å². The summed E-state index contributed by atoms with van der Waals surface area (Å²) < 4.78 is 74.6.